The number of tetrazole rings is 1. The van der Waals surface area contributed by atoms with Gasteiger partial charge < -0.3 is 14.2 Å². The van der Waals surface area contributed by atoms with Crippen LogP contribution in [-0.4, -0.2) is 45.8 Å². The number of benzene rings is 2. The lowest BCUT2D eigenvalue weighted by atomic mass is 10.1. The van der Waals surface area contributed by atoms with Crippen LogP contribution in [0.2, 0.25) is 0 Å². The van der Waals surface area contributed by atoms with Gasteiger partial charge in [-0.25, -0.2) is 9.78 Å². The van der Waals surface area contributed by atoms with Crippen molar-refractivity contribution >= 4 is 17.0 Å². The number of fused-ring (bicyclic) bond motifs is 1. The van der Waals surface area contributed by atoms with Crippen LogP contribution in [0.25, 0.3) is 28.1 Å². The second kappa shape index (κ2) is 8.70. The molecule has 3 heterocycles. The molecule has 0 saturated carbocycles. The molecule has 0 unspecified atom stereocenters. The van der Waals surface area contributed by atoms with Gasteiger partial charge in [-0.15, -0.1) is 10.2 Å². The zero-order valence-electron chi connectivity index (χ0n) is 18.1. The molecule has 0 aliphatic rings. The summed E-state index contributed by atoms with van der Waals surface area (Å²) in [6.07, 6.45) is 6.71. The van der Waals surface area contributed by atoms with E-state index in [1.165, 1.54) is 0 Å². The van der Waals surface area contributed by atoms with Crippen LogP contribution in [0.1, 0.15) is 41.5 Å². The van der Waals surface area contributed by atoms with Crippen molar-refractivity contribution in [3.63, 3.8) is 0 Å². The summed E-state index contributed by atoms with van der Waals surface area (Å²) in [5.41, 5.74) is 4.34. The number of aromatic amines is 1. The lowest BCUT2D eigenvalue weighted by Gasteiger charge is -2.14. The first kappa shape index (κ1) is 20.6. The summed E-state index contributed by atoms with van der Waals surface area (Å²) in [6.45, 7) is 2.61. The predicted octanol–water partition coefficient (Wildman–Crippen LogP) is 4.10. The lowest BCUT2D eigenvalue weighted by Crippen LogP contribution is -2.09. The van der Waals surface area contributed by atoms with Gasteiger partial charge in [-0.05, 0) is 53.6 Å². The number of nitrogens with one attached hydrogen (secondary N) is 1. The van der Waals surface area contributed by atoms with E-state index in [1.807, 2.05) is 57.9 Å². The summed E-state index contributed by atoms with van der Waals surface area (Å²) in [7, 11) is 0. The van der Waals surface area contributed by atoms with Gasteiger partial charge in [-0.3, -0.25) is 0 Å². The summed E-state index contributed by atoms with van der Waals surface area (Å²) in [5, 5.41) is 24.4. The fourth-order valence-corrected chi connectivity index (χ4v) is 4.14. The fraction of sp³-hybridized carbons (Fsp3) is 0.208. The maximum Gasteiger partial charge on any atom is 0.337 e. The number of H-pyrrole nitrogens is 1. The number of aromatic carboxylic acids is 1. The Morgan fingerprint density at radius 1 is 1.12 bits per heavy atom. The molecule has 0 spiro atoms. The van der Waals surface area contributed by atoms with Crippen molar-refractivity contribution in [1.82, 2.24) is 34.7 Å². The van der Waals surface area contributed by atoms with Crippen LogP contribution in [0, 0.1) is 0 Å². The van der Waals surface area contributed by atoms with Crippen molar-refractivity contribution < 1.29 is 9.90 Å². The van der Waals surface area contributed by atoms with Gasteiger partial charge >= 0.3 is 5.97 Å². The van der Waals surface area contributed by atoms with E-state index in [2.05, 4.69) is 27.5 Å². The molecule has 33 heavy (non-hydrogen) atoms. The highest BCUT2D eigenvalue weighted by atomic mass is 16.4. The first-order valence-corrected chi connectivity index (χ1v) is 10.9. The van der Waals surface area contributed by atoms with Crippen molar-refractivity contribution in [1.29, 1.82) is 0 Å². The molecule has 5 aromatic rings. The number of rotatable bonds is 8. The van der Waals surface area contributed by atoms with Gasteiger partial charge in [0.25, 0.3) is 0 Å². The number of nitrogens with zero attached hydrogens (tertiary/aromatic N) is 6. The molecule has 2 aromatic carbocycles. The van der Waals surface area contributed by atoms with Gasteiger partial charge in [0.2, 0.25) is 5.82 Å². The van der Waals surface area contributed by atoms with E-state index >= 15 is 0 Å². The second-order valence-corrected chi connectivity index (χ2v) is 7.87. The number of para-hydroxylation sites is 1. The molecular formula is C24H23N7O2. The normalized spacial score (nSPS) is 11.3. The minimum atomic E-state index is -0.959. The highest BCUT2D eigenvalue weighted by molar-refractivity contribution is 6.01. The number of unbranched alkanes of at least 4 members (excludes halogenated alkanes) is 1. The minimum absolute atomic E-state index is 0.255. The van der Waals surface area contributed by atoms with E-state index in [9.17, 15) is 9.90 Å². The molecule has 0 aliphatic heterocycles. The first-order chi connectivity index (χ1) is 16.2. The van der Waals surface area contributed by atoms with Crippen molar-refractivity contribution in [2.24, 2.45) is 0 Å². The topological polar surface area (TPSA) is 115 Å². The molecule has 166 valence electrons. The summed E-state index contributed by atoms with van der Waals surface area (Å²) in [5.74, 6) is 0.420. The zero-order valence-corrected chi connectivity index (χ0v) is 18.1. The molecule has 0 aliphatic carbocycles. The largest absolute Gasteiger partial charge is 0.478 e. The summed E-state index contributed by atoms with van der Waals surface area (Å²) in [6, 6.07) is 15.2. The standard InChI is InChI=1S/C24H23N7O2/c1-2-3-9-21-25-19-8-6-7-17(24(32)33)22(19)31(21)15-16-10-11-20(30-12-4-5-13-30)18(14-16)23-26-28-29-27-23/h4-8,10-14H,2-3,9,15H2,1H3,(H,32,33)(H,26,27,28,29). The number of carboxylic acid groups (broad SMARTS) is 1. The number of aromatic nitrogens is 7. The Labute approximate surface area is 189 Å². The second-order valence-electron chi connectivity index (χ2n) is 7.87. The zero-order chi connectivity index (χ0) is 22.8. The Morgan fingerprint density at radius 3 is 2.70 bits per heavy atom. The number of carboxylic acids is 1. The van der Waals surface area contributed by atoms with Crippen molar-refractivity contribution in [3.8, 4) is 17.1 Å². The molecule has 2 N–H and O–H groups in total. The van der Waals surface area contributed by atoms with E-state index in [1.54, 1.807) is 12.1 Å². The SMILES string of the molecule is CCCCc1nc2cccc(C(=O)O)c2n1Cc1ccc(-n2cccc2)c(-c2nn[nH]n2)c1. The highest BCUT2D eigenvalue weighted by Crippen LogP contribution is 2.28. The van der Waals surface area contributed by atoms with Crippen molar-refractivity contribution in [2.45, 2.75) is 32.7 Å². The highest BCUT2D eigenvalue weighted by Gasteiger charge is 2.19. The maximum absolute atomic E-state index is 12.0. The molecule has 9 nitrogen and oxygen atoms in total. The molecule has 0 radical (unpaired) electrons. The molecular weight excluding hydrogens is 418 g/mol. The van der Waals surface area contributed by atoms with E-state index in [4.69, 9.17) is 4.98 Å². The molecule has 9 heteroatoms. The number of imidazole rings is 1. The quantitative estimate of drug-likeness (QED) is 0.375. The van der Waals surface area contributed by atoms with Crippen LogP contribution in [0.3, 0.4) is 0 Å². The van der Waals surface area contributed by atoms with E-state index in [0.717, 1.165) is 41.9 Å². The number of aryl methyl sites for hydroxylation is 1. The Balaban J connectivity index is 1.64. The van der Waals surface area contributed by atoms with Crippen LogP contribution in [0.4, 0.5) is 0 Å². The van der Waals surface area contributed by atoms with Gasteiger partial charge in [0.05, 0.1) is 22.3 Å². The number of carbonyl (C=O) groups is 1. The van der Waals surface area contributed by atoms with Gasteiger partial charge in [-0.1, -0.05) is 25.5 Å². The van der Waals surface area contributed by atoms with Crippen molar-refractivity contribution in [3.05, 3.63) is 77.9 Å². The third-order valence-corrected chi connectivity index (χ3v) is 5.70. The Morgan fingerprint density at radius 2 is 1.97 bits per heavy atom. The van der Waals surface area contributed by atoms with Gasteiger partial charge in [0.1, 0.15) is 5.82 Å². The van der Waals surface area contributed by atoms with Crippen LogP contribution in [-0.2, 0) is 13.0 Å². The Hall–Kier alpha value is -4.27. The third kappa shape index (κ3) is 3.89. The van der Waals surface area contributed by atoms with E-state index in [0.29, 0.717) is 23.4 Å². The average Bonchev–Trinajstić information content (AvgIpc) is 3.59. The van der Waals surface area contributed by atoms with Crippen molar-refractivity contribution in [2.75, 3.05) is 0 Å². The first-order valence-electron chi connectivity index (χ1n) is 10.9. The fourth-order valence-electron chi connectivity index (χ4n) is 4.14. The minimum Gasteiger partial charge on any atom is -0.478 e. The van der Waals surface area contributed by atoms with E-state index < -0.39 is 5.97 Å². The molecule has 0 bridgehead atoms. The van der Waals surface area contributed by atoms with Crippen LogP contribution < -0.4 is 0 Å². The van der Waals surface area contributed by atoms with Crippen LogP contribution >= 0.6 is 0 Å². The van der Waals surface area contributed by atoms with Gasteiger partial charge in [0, 0.05) is 30.9 Å². The molecule has 5 rings (SSSR count). The van der Waals surface area contributed by atoms with Crippen LogP contribution in [0.15, 0.2) is 60.9 Å². The monoisotopic (exact) mass is 441 g/mol. The Bertz CT molecular complexity index is 1400. The summed E-state index contributed by atoms with van der Waals surface area (Å²) in [4.78, 5) is 16.7. The summed E-state index contributed by atoms with van der Waals surface area (Å²) < 4.78 is 4.02. The van der Waals surface area contributed by atoms with Crippen LogP contribution in [0.5, 0.6) is 0 Å². The number of hydrogen-bond donors (Lipinski definition) is 2. The Kier molecular flexibility index (Phi) is 5.43. The molecule has 0 saturated heterocycles. The predicted molar refractivity (Wildman–Crippen MR) is 123 cm³/mol. The smallest absolute Gasteiger partial charge is 0.337 e. The third-order valence-electron chi connectivity index (χ3n) is 5.70. The molecule has 0 amide bonds. The molecule has 0 fully saturated rings. The van der Waals surface area contributed by atoms with E-state index in [-0.39, 0.29) is 5.56 Å². The number of hydrogen-bond acceptors (Lipinski definition) is 5. The average molecular weight is 441 g/mol. The lowest BCUT2D eigenvalue weighted by molar-refractivity contribution is 0.0698. The summed E-state index contributed by atoms with van der Waals surface area (Å²) >= 11 is 0. The molecule has 0 atom stereocenters. The molecule has 3 aromatic heterocycles. The maximum atomic E-state index is 12.0. The van der Waals surface area contributed by atoms with Gasteiger partial charge in [-0.2, -0.15) is 5.21 Å². The van der Waals surface area contributed by atoms with Gasteiger partial charge in [0.15, 0.2) is 0 Å².